The lowest BCUT2D eigenvalue weighted by Gasteiger charge is -2.23. The Bertz CT molecular complexity index is 706. The van der Waals surface area contributed by atoms with Crippen molar-refractivity contribution >= 4 is 28.9 Å². The molecule has 1 aliphatic rings. The van der Waals surface area contributed by atoms with Gasteiger partial charge in [-0.25, -0.2) is 0 Å². The van der Waals surface area contributed by atoms with Crippen LogP contribution in [0.25, 0.3) is 0 Å². The molecule has 7 heteroatoms. The molecule has 1 atom stereocenters. The SMILES string of the molecule is O=C1COc2c(cccc2NC(O)NCc2ccc(Cl)cc2)N1. The van der Waals surface area contributed by atoms with Crippen molar-refractivity contribution in [3.05, 3.63) is 53.1 Å². The van der Waals surface area contributed by atoms with Crippen LogP contribution in [-0.2, 0) is 11.3 Å². The number of aliphatic hydroxyl groups excluding tert-OH is 1. The van der Waals surface area contributed by atoms with Crippen LogP contribution in [0.5, 0.6) is 5.75 Å². The summed E-state index contributed by atoms with van der Waals surface area (Å²) in [4.78, 5) is 11.3. The molecular weight excluding hydrogens is 318 g/mol. The van der Waals surface area contributed by atoms with Crippen LogP contribution in [0.1, 0.15) is 5.56 Å². The Hall–Kier alpha value is -2.28. The number of amides is 1. The van der Waals surface area contributed by atoms with Crippen molar-refractivity contribution in [2.75, 3.05) is 17.2 Å². The van der Waals surface area contributed by atoms with Gasteiger partial charge in [0.2, 0.25) is 0 Å². The molecule has 0 saturated heterocycles. The summed E-state index contributed by atoms with van der Waals surface area (Å²) in [5.74, 6) is 0.315. The number of nitrogens with one attached hydrogen (secondary N) is 3. The lowest BCUT2D eigenvalue weighted by molar-refractivity contribution is -0.118. The molecule has 3 rings (SSSR count). The van der Waals surface area contributed by atoms with Crippen molar-refractivity contribution in [3.63, 3.8) is 0 Å². The average Bonchev–Trinajstić information content (AvgIpc) is 2.54. The first-order valence-electron chi connectivity index (χ1n) is 7.10. The topological polar surface area (TPSA) is 82.6 Å². The van der Waals surface area contributed by atoms with Crippen molar-refractivity contribution in [1.82, 2.24) is 5.32 Å². The molecule has 0 fully saturated rings. The third kappa shape index (κ3) is 3.92. The van der Waals surface area contributed by atoms with Crippen LogP contribution in [0, 0.1) is 0 Å². The van der Waals surface area contributed by atoms with Crippen molar-refractivity contribution in [3.8, 4) is 5.75 Å². The second kappa shape index (κ2) is 6.87. The molecule has 0 spiro atoms. The number of rotatable bonds is 5. The van der Waals surface area contributed by atoms with Crippen molar-refractivity contribution < 1.29 is 14.6 Å². The second-order valence-electron chi connectivity index (χ2n) is 5.07. The molecule has 0 saturated carbocycles. The largest absolute Gasteiger partial charge is 0.479 e. The van der Waals surface area contributed by atoms with Crippen LogP contribution in [0.2, 0.25) is 5.02 Å². The molecular formula is C16H16ClN3O3. The van der Waals surface area contributed by atoms with Gasteiger partial charge in [0.25, 0.3) is 5.91 Å². The summed E-state index contributed by atoms with van der Waals surface area (Å²) in [6.07, 6.45) is -0.974. The first-order valence-corrected chi connectivity index (χ1v) is 7.48. The van der Waals surface area contributed by atoms with E-state index in [1.54, 1.807) is 30.3 Å². The van der Waals surface area contributed by atoms with E-state index < -0.39 is 6.35 Å². The molecule has 0 radical (unpaired) electrons. The van der Waals surface area contributed by atoms with Gasteiger partial charge in [-0.15, -0.1) is 0 Å². The van der Waals surface area contributed by atoms with E-state index in [1.807, 2.05) is 12.1 Å². The standard InChI is InChI=1S/C16H16ClN3O3/c17-11-6-4-10(5-7-11)8-18-16(22)20-13-3-1-2-12-15(13)23-9-14(21)19-12/h1-7,16,18,20,22H,8-9H2,(H,19,21). The van der Waals surface area contributed by atoms with E-state index in [0.717, 1.165) is 5.56 Å². The van der Waals surface area contributed by atoms with E-state index in [-0.39, 0.29) is 12.5 Å². The highest BCUT2D eigenvalue weighted by Crippen LogP contribution is 2.35. The zero-order valence-corrected chi connectivity index (χ0v) is 12.9. The monoisotopic (exact) mass is 333 g/mol. The molecule has 0 aromatic heterocycles. The molecule has 0 aliphatic carbocycles. The maximum absolute atomic E-state index is 11.3. The van der Waals surface area contributed by atoms with Crippen LogP contribution in [0.15, 0.2) is 42.5 Å². The summed E-state index contributed by atoms with van der Waals surface area (Å²) in [5.41, 5.74) is 2.17. The minimum absolute atomic E-state index is 0.0417. The van der Waals surface area contributed by atoms with Gasteiger partial charge < -0.3 is 20.5 Å². The predicted octanol–water partition coefficient (Wildman–Crippen LogP) is 2.15. The summed E-state index contributed by atoms with van der Waals surface area (Å²) in [7, 11) is 0. The first kappa shape index (κ1) is 15.6. The van der Waals surface area contributed by atoms with E-state index in [0.29, 0.717) is 28.7 Å². The molecule has 23 heavy (non-hydrogen) atoms. The fourth-order valence-electron chi connectivity index (χ4n) is 2.24. The zero-order valence-electron chi connectivity index (χ0n) is 12.2. The number of fused-ring (bicyclic) bond motifs is 1. The van der Waals surface area contributed by atoms with E-state index in [1.165, 1.54) is 0 Å². The highest BCUT2D eigenvalue weighted by atomic mass is 35.5. The third-order valence-corrected chi connectivity index (χ3v) is 3.59. The van der Waals surface area contributed by atoms with Gasteiger partial charge in [-0.05, 0) is 29.8 Å². The summed E-state index contributed by atoms with van der Waals surface area (Å²) in [6.45, 7) is 0.429. The highest BCUT2D eigenvalue weighted by Gasteiger charge is 2.19. The lowest BCUT2D eigenvalue weighted by Crippen LogP contribution is -2.36. The van der Waals surface area contributed by atoms with Gasteiger partial charge in [0.15, 0.2) is 18.7 Å². The molecule has 0 bridgehead atoms. The minimum Gasteiger partial charge on any atom is -0.479 e. The van der Waals surface area contributed by atoms with Gasteiger partial charge in [0, 0.05) is 11.6 Å². The Balaban J connectivity index is 1.62. The molecule has 1 aliphatic heterocycles. The number of hydrogen-bond acceptors (Lipinski definition) is 5. The number of aliphatic hydroxyl groups is 1. The molecule has 1 unspecified atom stereocenters. The maximum atomic E-state index is 11.3. The molecule has 6 nitrogen and oxygen atoms in total. The van der Waals surface area contributed by atoms with Crippen LogP contribution in [0.4, 0.5) is 11.4 Å². The van der Waals surface area contributed by atoms with Gasteiger partial charge in [-0.3, -0.25) is 10.1 Å². The van der Waals surface area contributed by atoms with Crippen molar-refractivity contribution in [2.45, 2.75) is 12.9 Å². The van der Waals surface area contributed by atoms with Crippen LogP contribution in [0.3, 0.4) is 0 Å². The molecule has 4 N–H and O–H groups in total. The van der Waals surface area contributed by atoms with Crippen LogP contribution >= 0.6 is 11.6 Å². The normalized spacial score (nSPS) is 14.4. The van der Waals surface area contributed by atoms with Crippen molar-refractivity contribution in [1.29, 1.82) is 0 Å². The minimum atomic E-state index is -0.974. The second-order valence-corrected chi connectivity index (χ2v) is 5.51. The third-order valence-electron chi connectivity index (χ3n) is 3.34. The zero-order chi connectivity index (χ0) is 16.2. The smallest absolute Gasteiger partial charge is 0.262 e. The van der Waals surface area contributed by atoms with E-state index in [4.69, 9.17) is 16.3 Å². The first-order chi connectivity index (χ1) is 11.1. The van der Waals surface area contributed by atoms with Gasteiger partial charge in [-0.2, -0.15) is 0 Å². The Morgan fingerprint density at radius 3 is 2.83 bits per heavy atom. The Labute approximate surface area is 138 Å². The quantitative estimate of drug-likeness (QED) is 0.630. The molecule has 120 valence electrons. The Kier molecular flexibility index (Phi) is 4.66. The number of carbonyl (C=O) groups is 1. The summed E-state index contributed by atoms with van der Waals surface area (Å²) >= 11 is 5.83. The molecule has 1 amide bonds. The maximum Gasteiger partial charge on any atom is 0.262 e. The van der Waals surface area contributed by atoms with Crippen LogP contribution < -0.4 is 20.7 Å². The molecule has 2 aromatic carbocycles. The summed E-state index contributed by atoms with van der Waals surface area (Å²) < 4.78 is 5.42. The lowest BCUT2D eigenvalue weighted by atomic mass is 10.2. The number of hydrogen-bond donors (Lipinski definition) is 4. The number of para-hydroxylation sites is 1. The number of halogens is 1. The summed E-state index contributed by atoms with van der Waals surface area (Å²) in [5, 5.41) is 19.3. The number of anilines is 2. The summed E-state index contributed by atoms with van der Waals surface area (Å²) in [6, 6.07) is 12.6. The van der Waals surface area contributed by atoms with E-state index >= 15 is 0 Å². The van der Waals surface area contributed by atoms with Crippen LogP contribution in [-0.4, -0.2) is 24.0 Å². The Morgan fingerprint density at radius 1 is 1.26 bits per heavy atom. The fraction of sp³-hybridized carbons (Fsp3) is 0.188. The predicted molar refractivity (Wildman–Crippen MR) is 88.5 cm³/mol. The molecule has 1 heterocycles. The number of carbonyl (C=O) groups excluding carboxylic acids is 1. The van der Waals surface area contributed by atoms with E-state index in [9.17, 15) is 9.90 Å². The Morgan fingerprint density at radius 2 is 2.04 bits per heavy atom. The van der Waals surface area contributed by atoms with Gasteiger partial charge in [0.05, 0.1) is 11.4 Å². The van der Waals surface area contributed by atoms with Gasteiger partial charge >= 0.3 is 0 Å². The number of ether oxygens (including phenoxy) is 1. The average molecular weight is 334 g/mol. The van der Waals surface area contributed by atoms with E-state index in [2.05, 4.69) is 16.0 Å². The molecule has 2 aromatic rings. The van der Waals surface area contributed by atoms with Crippen molar-refractivity contribution in [2.24, 2.45) is 0 Å². The highest BCUT2D eigenvalue weighted by molar-refractivity contribution is 6.30. The van der Waals surface area contributed by atoms with Gasteiger partial charge in [-0.1, -0.05) is 29.8 Å². The van der Waals surface area contributed by atoms with Gasteiger partial charge in [0.1, 0.15) is 0 Å². The fourth-order valence-corrected chi connectivity index (χ4v) is 2.37. The number of benzene rings is 2.